The summed E-state index contributed by atoms with van der Waals surface area (Å²) in [7, 11) is -3.58. The highest BCUT2D eigenvalue weighted by Gasteiger charge is 2.27. The molecule has 7 nitrogen and oxygen atoms in total. The lowest BCUT2D eigenvalue weighted by Crippen LogP contribution is -2.50. The van der Waals surface area contributed by atoms with E-state index in [1.807, 2.05) is 71.3 Å². The van der Waals surface area contributed by atoms with E-state index in [9.17, 15) is 18.0 Å². The van der Waals surface area contributed by atoms with Crippen LogP contribution < -0.4 is 5.43 Å². The Kier molecular flexibility index (Phi) is 6.23. The van der Waals surface area contributed by atoms with Gasteiger partial charge in [0.2, 0.25) is 15.9 Å². The number of hydrogen-bond acceptors (Lipinski definition) is 4. The van der Waals surface area contributed by atoms with Crippen LogP contribution >= 0.6 is 0 Å². The molecule has 8 heteroatoms. The van der Waals surface area contributed by atoms with E-state index in [0.29, 0.717) is 34.9 Å². The third kappa shape index (κ3) is 4.62. The maximum atomic E-state index is 13.3. The normalized spacial score (nSPS) is 15.3. The van der Waals surface area contributed by atoms with Gasteiger partial charge in [-0.25, -0.2) is 8.42 Å². The second-order valence-electron chi connectivity index (χ2n) is 8.49. The van der Waals surface area contributed by atoms with Crippen molar-refractivity contribution < 1.29 is 13.2 Å². The molecule has 0 aliphatic carbocycles. The Balaban J connectivity index is 1.33. The zero-order valence-electron chi connectivity index (χ0n) is 19.1. The molecule has 1 aliphatic rings. The lowest BCUT2D eigenvalue weighted by Gasteiger charge is -2.33. The molecule has 2 heterocycles. The molecule has 5 rings (SSSR count). The van der Waals surface area contributed by atoms with Crippen molar-refractivity contribution in [2.75, 3.05) is 26.2 Å². The molecule has 4 aromatic rings. The number of pyridine rings is 1. The largest absolute Gasteiger partial charge is 0.339 e. The van der Waals surface area contributed by atoms with E-state index in [4.69, 9.17) is 0 Å². The van der Waals surface area contributed by atoms with E-state index in [1.165, 1.54) is 9.71 Å². The fourth-order valence-corrected chi connectivity index (χ4v) is 5.66. The van der Waals surface area contributed by atoms with E-state index in [2.05, 4.69) is 0 Å². The molecule has 1 amide bonds. The maximum absolute atomic E-state index is 13.3. The van der Waals surface area contributed by atoms with Crippen molar-refractivity contribution in [1.29, 1.82) is 0 Å². The first-order valence-electron chi connectivity index (χ1n) is 11.5. The number of sulfonamides is 1. The number of carbonyl (C=O) groups is 1. The van der Waals surface area contributed by atoms with Crippen LogP contribution in [0.4, 0.5) is 0 Å². The van der Waals surface area contributed by atoms with E-state index in [-0.39, 0.29) is 31.0 Å². The zero-order chi connectivity index (χ0) is 24.4. The van der Waals surface area contributed by atoms with Crippen molar-refractivity contribution in [1.82, 2.24) is 13.8 Å². The van der Waals surface area contributed by atoms with Crippen LogP contribution in [0.3, 0.4) is 0 Å². The van der Waals surface area contributed by atoms with Gasteiger partial charge in [0, 0.05) is 42.4 Å². The van der Waals surface area contributed by atoms with Crippen molar-refractivity contribution in [2.24, 2.45) is 0 Å². The van der Waals surface area contributed by atoms with Crippen molar-refractivity contribution >= 4 is 43.8 Å². The number of amides is 1. The standard InChI is InChI=1S/C27H25N3O4S/c31-26(20-30-24-12-6-4-10-22(24)27(32)23-11-5-7-13-25(23)30)28-15-17-29(18-16-28)35(33,34)19-14-21-8-2-1-3-9-21/h1-14,19H,15-18,20H2/b19-14+. The van der Waals surface area contributed by atoms with Crippen LogP contribution in [0.1, 0.15) is 5.56 Å². The average Bonchev–Trinajstić information content (AvgIpc) is 2.90. The van der Waals surface area contributed by atoms with E-state index < -0.39 is 10.0 Å². The van der Waals surface area contributed by atoms with E-state index in [0.717, 1.165) is 5.56 Å². The van der Waals surface area contributed by atoms with Gasteiger partial charge in [-0.05, 0) is 35.9 Å². The molecule has 1 saturated heterocycles. The molecule has 3 aromatic carbocycles. The lowest BCUT2D eigenvalue weighted by atomic mass is 10.1. The third-order valence-corrected chi connectivity index (χ3v) is 7.92. The van der Waals surface area contributed by atoms with Gasteiger partial charge in [0.1, 0.15) is 6.54 Å². The molecular formula is C27H25N3O4S. The van der Waals surface area contributed by atoms with E-state index in [1.54, 1.807) is 23.1 Å². The second-order valence-corrected chi connectivity index (χ2v) is 10.3. The van der Waals surface area contributed by atoms with Crippen LogP contribution in [-0.2, 0) is 21.4 Å². The maximum Gasteiger partial charge on any atom is 0.242 e. The fourth-order valence-electron chi connectivity index (χ4n) is 4.49. The first kappa shape index (κ1) is 23.0. The van der Waals surface area contributed by atoms with Crippen LogP contribution in [-0.4, -0.2) is 54.3 Å². The first-order chi connectivity index (χ1) is 16.9. The fraction of sp³-hybridized carbons (Fsp3) is 0.185. The Hall–Kier alpha value is -3.75. The van der Waals surface area contributed by atoms with Gasteiger partial charge in [0.15, 0.2) is 5.43 Å². The predicted octanol–water partition coefficient (Wildman–Crippen LogP) is 3.30. The molecule has 0 saturated carbocycles. The SMILES string of the molecule is O=C(Cn1c2ccccc2c(=O)c2ccccc21)N1CCN(S(=O)(=O)/C=C/c2ccccc2)CC1. The van der Waals surface area contributed by atoms with Crippen molar-refractivity contribution in [2.45, 2.75) is 6.54 Å². The van der Waals surface area contributed by atoms with Crippen molar-refractivity contribution in [3.05, 3.63) is 100 Å². The summed E-state index contributed by atoms with van der Waals surface area (Å²) in [4.78, 5) is 27.9. The minimum atomic E-state index is -3.58. The number of aromatic nitrogens is 1. The van der Waals surface area contributed by atoms with Crippen LogP contribution in [0, 0.1) is 0 Å². The smallest absolute Gasteiger partial charge is 0.242 e. The number of carbonyl (C=O) groups excluding carboxylic acids is 1. The summed E-state index contributed by atoms with van der Waals surface area (Å²) >= 11 is 0. The zero-order valence-corrected chi connectivity index (χ0v) is 19.9. The van der Waals surface area contributed by atoms with Gasteiger partial charge in [-0.3, -0.25) is 9.59 Å². The van der Waals surface area contributed by atoms with Crippen LogP contribution in [0.5, 0.6) is 0 Å². The highest BCUT2D eigenvalue weighted by atomic mass is 32.2. The van der Waals surface area contributed by atoms with Gasteiger partial charge in [0.25, 0.3) is 0 Å². The number of rotatable bonds is 5. The monoisotopic (exact) mass is 487 g/mol. The molecule has 0 radical (unpaired) electrons. The Morgan fingerprint density at radius 3 is 1.91 bits per heavy atom. The Labute approximate surface area is 203 Å². The summed E-state index contributed by atoms with van der Waals surface area (Å²) in [6, 6.07) is 23.8. The van der Waals surface area contributed by atoms with Crippen LogP contribution in [0.15, 0.2) is 89.1 Å². The number of nitrogens with zero attached hydrogens (tertiary/aromatic N) is 3. The Morgan fingerprint density at radius 1 is 0.771 bits per heavy atom. The summed E-state index contributed by atoms with van der Waals surface area (Å²) in [5.74, 6) is -0.110. The number of piperazine rings is 1. The molecule has 1 aliphatic heterocycles. The molecule has 0 bridgehead atoms. The molecule has 0 unspecified atom stereocenters. The summed E-state index contributed by atoms with van der Waals surface area (Å²) in [6.45, 7) is 1.17. The van der Waals surface area contributed by atoms with E-state index >= 15 is 0 Å². The number of hydrogen-bond donors (Lipinski definition) is 0. The molecule has 0 spiro atoms. The number of benzene rings is 3. The highest BCUT2D eigenvalue weighted by Crippen LogP contribution is 2.20. The molecule has 35 heavy (non-hydrogen) atoms. The summed E-state index contributed by atoms with van der Waals surface area (Å²) in [5.41, 5.74) is 2.17. The van der Waals surface area contributed by atoms with Gasteiger partial charge in [0.05, 0.1) is 11.0 Å². The first-order valence-corrected chi connectivity index (χ1v) is 13.0. The minimum Gasteiger partial charge on any atom is -0.339 e. The lowest BCUT2D eigenvalue weighted by molar-refractivity contribution is -0.132. The highest BCUT2D eigenvalue weighted by molar-refractivity contribution is 7.92. The molecular weight excluding hydrogens is 462 g/mol. The van der Waals surface area contributed by atoms with Crippen molar-refractivity contribution in [3.63, 3.8) is 0 Å². The predicted molar refractivity (Wildman–Crippen MR) is 138 cm³/mol. The van der Waals surface area contributed by atoms with Crippen LogP contribution in [0.2, 0.25) is 0 Å². The van der Waals surface area contributed by atoms with Gasteiger partial charge in [-0.15, -0.1) is 0 Å². The minimum absolute atomic E-state index is 0.0534. The van der Waals surface area contributed by atoms with Gasteiger partial charge in [-0.2, -0.15) is 4.31 Å². The third-order valence-electron chi connectivity index (χ3n) is 6.36. The molecule has 0 atom stereocenters. The summed E-state index contributed by atoms with van der Waals surface area (Å²) < 4.78 is 28.8. The van der Waals surface area contributed by atoms with Crippen LogP contribution in [0.25, 0.3) is 27.9 Å². The molecule has 178 valence electrons. The van der Waals surface area contributed by atoms with Gasteiger partial charge >= 0.3 is 0 Å². The average molecular weight is 488 g/mol. The molecule has 0 N–H and O–H groups in total. The quantitative estimate of drug-likeness (QED) is 0.405. The molecule has 1 fully saturated rings. The van der Waals surface area contributed by atoms with Gasteiger partial charge < -0.3 is 9.47 Å². The van der Waals surface area contributed by atoms with Crippen molar-refractivity contribution in [3.8, 4) is 0 Å². The number of fused-ring (bicyclic) bond motifs is 2. The Bertz CT molecular complexity index is 1530. The topological polar surface area (TPSA) is 79.7 Å². The Morgan fingerprint density at radius 2 is 1.31 bits per heavy atom. The summed E-state index contributed by atoms with van der Waals surface area (Å²) in [5, 5.41) is 2.36. The molecule has 1 aromatic heterocycles. The second kappa shape index (κ2) is 9.48. The number of para-hydroxylation sites is 2. The summed E-state index contributed by atoms with van der Waals surface area (Å²) in [6.07, 6.45) is 1.58. The van der Waals surface area contributed by atoms with Gasteiger partial charge in [-0.1, -0.05) is 54.6 Å².